The summed E-state index contributed by atoms with van der Waals surface area (Å²) in [7, 11) is -3.61. The Morgan fingerprint density at radius 2 is 2.29 bits per heavy atom. The SMILES string of the molecule is CCC1CC1NS(=O)(=O)c1n[nH]c(C)c1CO. The standard InChI is InChI=1S/C10H17N3O3S/c1-3-7-4-9(7)13-17(15,16)10-8(5-14)6(2)11-12-10/h7,9,13-14H,3-5H2,1-2H3,(H,11,12). The molecule has 1 heterocycles. The highest BCUT2D eigenvalue weighted by Gasteiger charge is 2.39. The van der Waals surface area contributed by atoms with Crippen LogP contribution in [0.4, 0.5) is 0 Å². The number of aromatic amines is 1. The van der Waals surface area contributed by atoms with E-state index in [0.717, 1.165) is 12.8 Å². The van der Waals surface area contributed by atoms with E-state index in [1.54, 1.807) is 6.92 Å². The number of sulfonamides is 1. The van der Waals surface area contributed by atoms with Gasteiger partial charge in [-0.25, -0.2) is 13.1 Å². The van der Waals surface area contributed by atoms with E-state index in [4.69, 9.17) is 5.11 Å². The van der Waals surface area contributed by atoms with Gasteiger partial charge in [-0.2, -0.15) is 5.10 Å². The van der Waals surface area contributed by atoms with Crippen LogP contribution in [0.2, 0.25) is 0 Å². The van der Waals surface area contributed by atoms with Crippen molar-refractivity contribution in [2.75, 3.05) is 0 Å². The Labute approximate surface area is 100 Å². The van der Waals surface area contributed by atoms with Crippen LogP contribution in [0.1, 0.15) is 31.0 Å². The van der Waals surface area contributed by atoms with Gasteiger partial charge in [0.2, 0.25) is 0 Å². The van der Waals surface area contributed by atoms with E-state index in [1.807, 2.05) is 6.92 Å². The maximum Gasteiger partial charge on any atom is 0.260 e. The number of hydrogen-bond donors (Lipinski definition) is 3. The van der Waals surface area contributed by atoms with Crippen LogP contribution in [-0.4, -0.2) is 29.8 Å². The fraction of sp³-hybridized carbons (Fsp3) is 0.700. The highest BCUT2D eigenvalue weighted by atomic mass is 32.2. The molecule has 3 N–H and O–H groups in total. The predicted molar refractivity (Wildman–Crippen MR) is 61.8 cm³/mol. The van der Waals surface area contributed by atoms with Crippen LogP contribution in [-0.2, 0) is 16.6 Å². The third-order valence-corrected chi connectivity index (χ3v) is 4.66. The number of nitrogens with zero attached hydrogens (tertiary/aromatic N) is 1. The predicted octanol–water partition coefficient (Wildman–Crippen LogP) is 0.287. The van der Waals surface area contributed by atoms with E-state index >= 15 is 0 Å². The second-order valence-electron chi connectivity index (χ2n) is 4.42. The first-order chi connectivity index (χ1) is 7.99. The van der Waals surface area contributed by atoms with Gasteiger partial charge >= 0.3 is 0 Å². The first-order valence-corrected chi connectivity index (χ1v) is 7.15. The van der Waals surface area contributed by atoms with Gasteiger partial charge in [0.05, 0.1) is 6.61 Å². The van der Waals surface area contributed by atoms with E-state index in [1.165, 1.54) is 0 Å². The molecule has 1 aromatic heterocycles. The summed E-state index contributed by atoms with van der Waals surface area (Å²) >= 11 is 0. The molecule has 96 valence electrons. The van der Waals surface area contributed by atoms with Gasteiger partial charge in [-0.1, -0.05) is 13.3 Å². The Morgan fingerprint density at radius 1 is 1.59 bits per heavy atom. The van der Waals surface area contributed by atoms with Gasteiger partial charge < -0.3 is 5.11 Å². The number of rotatable bonds is 5. The second kappa shape index (κ2) is 4.40. The van der Waals surface area contributed by atoms with Crippen molar-refractivity contribution < 1.29 is 13.5 Å². The van der Waals surface area contributed by atoms with Gasteiger partial charge in [0, 0.05) is 17.3 Å². The quantitative estimate of drug-likeness (QED) is 0.708. The summed E-state index contributed by atoms with van der Waals surface area (Å²) in [4.78, 5) is 0. The van der Waals surface area contributed by atoms with Crippen LogP contribution in [0.15, 0.2) is 5.03 Å². The molecule has 1 aromatic rings. The molecule has 2 rings (SSSR count). The van der Waals surface area contributed by atoms with Crippen LogP contribution in [0.25, 0.3) is 0 Å². The molecule has 0 amide bonds. The van der Waals surface area contributed by atoms with Crippen molar-refractivity contribution in [1.82, 2.24) is 14.9 Å². The number of aromatic nitrogens is 2. The number of H-pyrrole nitrogens is 1. The molecule has 6 nitrogen and oxygen atoms in total. The van der Waals surface area contributed by atoms with E-state index in [9.17, 15) is 8.42 Å². The zero-order valence-electron chi connectivity index (χ0n) is 9.90. The van der Waals surface area contributed by atoms with Crippen LogP contribution in [0, 0.1) is 12.8 Å². The Hall–Kier alpha value is -0.920. The largest absolute Gasteiger partial charge is 0.392 e. The van der Waals surface area contributed by atoms with Crippen molar-refractivity contribution in [1.29, 1.82) is 0 Å². The zero-order chi connectivity index (χ0) is 12.6. The molecule has 1 aliphatic carbocycles. The number of aryl methyl sites for hydroxylation is 1. The van der Waals surface area contributed by atoms with Crippen molar-refractivity contribution in [2.45, 2.75) is 44.4 Å². The lowest BCUT2D eigenvalue weighted by Crippen LogP contribution is -2.28. The summed E-state index contributed by atoms with van der Waals surface area (Å²) in [6, 6.07) is 0.0218. The molecule has 7 heteroatoms. The summed E-state index contributed by atoms with van der Waals surface area (Å²) in [6.45, 7) is 3.39. The molecule has 17 heavy (non-hydrogen) atoms. The molecule has 0 spiro atoms. The number of aliphatic hydroxyl groups excluding tert-OH is 1. The minimum atomic E-state index is -3.61. The monoisotopic (exact) mass is 259 g/mol. The maximum atomic E-state index is 12.0. The second-order valence-corrected chi connectivity index (χ2v) is 6.05. The normalized spacial score (nSPS) is 23.9. The molecular weight excluding hydrogens is 242 g/mol. The molecule has 0 aliphatic heterocycles. The topological polar surface area (TPSA) is 95.1 Å². The average molecular weight is 259 g/mol. The van der Waals surface area contributed by atoms with Gasteiger partial charge in [0.1, 0.15) is 0 Å². The Balaban J connectivity index is 2.20. The minimum Gasteiger partial charge on any atom is -0.392 e. The molecule has 0 bridgehead atoms. The first kappa shape index (κ1) is 12.5. The van der Waals surface area contributed by atoms with Gasteiger partial charge in [-0.15, -0.1) is 0 Å². The summed E-state index contributed by atoms with van der Waals surface area (Å²) in [6.07, 6.45) is 1.85. The summed E-state index contributed by atoms with van der Waals surface area (Å²) in [5.74, 6) is 0.433. The fourth-order valence-corrected chi connectivity index (χ4v) is 3.44. The highest BCUT2D eigenvalue weighted by molar-refractivity contribution is 7.89. The Kier molecular flexibility index (Phi) is 3.24. The van der Waals surface area contributed by atoms with Crippen molar-refractivity contribution in [2.24, 2.45) is 5.92 Å². The van der Waals surface area contributed by atoms with Crippen LogP contribution in [0.5, 0.6) is 0 Å². The van der Waals surface area contributed by atoms with Crippen LogP contribution < -0.4 is 4.72 Å². The lowest BCUT2D eigenvalue weighted by atomic mass is 10.3. The molecule has 1 fully saturated rings. The van der Waals surface area contributed by atoms with Gasteiger partial charge in [0.15, 0.2) is 5.03 Å². The van der Waals surface area contributed by atoms with E-state index < -0.39 is 10.0 Å². The zero-order valence-corrected chi connectivity index (χ0v) is 10.7. The number of hydrogen-bond acceptors (Lipinski definition) is 4. The lowest BCUT2D eigenvalue weighted by molar-refractivity contribution is 0.277. The van der Waals surface area contributed by atoms with E-state index in [-0.39, 0.29) is 17.7 Å². The van der Waals surface area contributed by atoms with Crippen molar-refractivity contribution in [3.8, 4) is 0 Å². The summed E-state index contributed by atoms with van der Waals surface area (Å²) in [5, 5.41) is 15.4. The highest BCUT2D eigenvalue weighted by Crippen LogP contribution is 2.34. The van der Waals surface area contributed by atoms with Crippen LogP contribution in [0.3, 0.4) is 0 Å². The first-order valence-electron chi connectivity index (χ1n) is 5.66. The average Bonchev–Trinajstić information content (AvgIpc) is 2.89. The minimum absolute atomic E-state index is 0.0218. The summed E-state index contributed by atoms with van der Waals surface area (Å²) in [5.41, 5.74) is 0.918. The van der Waals surface area contributed by atoms with Gasteiger partial charge in [-0.3, -0.25) is 5.10 Å². The van der Waals surface area contributed by atoms with Crippen molar-refractivity contribution in [3.63, 3.8) is 0 Å². The molecule has 1 aliphatic rings. The third kappa shape index (κ3) is 2.36. The molecule has 2 unspecified atom stereocenters. The fourth-order valence-electron chi connectivity index (χ4n) is 1.94. The molecule has 0 aromatic carbocycles. The molecule has 1 saturated carbocycles. The Morgan fingerprint density at radius 3 is 2.82 bits per heavy atom. The molecule has 0 radical (unpaired) electrons. The third-order valence-electron chi connectivity index (χ3n) is 3.20. The molecule has 0 saturated heterocycles. The lowest BCUT2D eigenvalue weighted by Gasteiger charge is -2.04. The maximum absolute atomic E-state index is 12.0. The van der Waals surface area contributed by atoms with Crippen molar-refractivity contribution >= 4 is 10.0 Å². The van der Waals surface area contributed by atoms with E-state index in [0.29, 0.717) is 17.2 Å². The van der Waals surface area contributed by atoms with Gasteiger partial charge in [-0.05, 0) is 19.3 Å². The van der Waals surface area contributed by atoms with Gasteiger partial charge in [0.25, 0.3) is 10.0 Å². The molecule has 2 atom stereocenters. The van der Waals surface area contributed by atoms with Crippen molar-refractivity contribution in [3.05, 3.63) is 11.3 Å². The Bertz CT molecular complexity index is 509. The number of aliphatic hydroxyl groups is 1. The van der Waals surface area contributed by atoms with E-state index in [2.05, 4.69) is 14.9 Å². The smallest absolute Gasteiger partial charge is 0.260 e. The number of nitrogens with one attached hydrogen (secondary N) is 2. The summed E-state index contributed by atoms with van der Waals surface area (Å²) < 4.78 is 26.7. The molecular formula is C10H17N3O3S. The van der Waals surface area contributed by atoms with Crippen LogP contribution >= 0.6 is 0 Å².